The van der Waals surface area contributed by atoms with E-state index in [2.05, 4.69) is 21.4 Å². The van der Waals surface area contributed by atoms with Gasteiger partial charge in [0.2, 0.25) is 0 Å². The molecule has 1 fully saturated rings. The molecule has 3 unspecified atom stereocenters. The van der Waals surface area contributed by atoms with Crippen molar-refractivity contribution in [2.75, 3.05) is 13.6 Å². The van der Waals surface area contributed by atoms with Gasteiger partial charge in [-0.25, -0.2) is 4.79 Å². The van der Waals surface area contributed by atoms with E-state index in [1.54, 1.807) is 0 Å². The van der Waals surface area contributed by atoms with E-state index in [0.717, 1.165) is 6.42 Å². The van der Waals surface area contributed by atoms with Gasteiger partial charge in [0.05, 0.1) is 23.7 Å². The van der Waals surface area contributed by atoms with Gasteiger partial charge >= 0.3 is 6.09 Å². The number of amides is 1. The van der Waals surface area contributed by atoms with E-state index in [1.165, 1.54) is 0 Å². The monoisotopic (exact) mass is 248 g/mol. The van der Waals surface area contributed by atoms with Crippen LogP contribution in [0.4, 0.5) is 4.79 Å². The van der Waals surface area contributed by atoms with Crippen LogP contribution in [0.15, 0.2) is 17.3 Å². The lowest BCUT2D eigenvalue weighted by Crippen LogP contribution is -2.40. The molecule has 2 rings (SSSR count). The maximum absolute atomic E-state index is 11.2. The number of nitrogens with one attached hydrogen (secondary N) is 1. The molecule has 2 bridgehead atoms. The van der Waals surface area contributed by atoms with Crippen LogP contribution in [0.25, 0.3) is 0 Å². The molecule has 2 heterocycles. The second-order valence-electron chi connectivity index (χ2n) is 4.43. The number of likely N-dealkylation sites (N-methyl/N-ethyl adjacent to an activating group) is 1. The summed E-state index contributed by atoms with van der Waals surface area (Å²) < 4.78 is 0. The van der Waals surface area contributed by atoms with Crippen molar-refractivity contribution in [3.8, 4) is 6.07 Å². The lowest BCUT2D eigenvalue weighted by Gasteiger charge is -2.27. The lowest BCUT2D eigenvalue weighted by atomic mass is 10.0. The molecule has 96 valence electrons. The first kappa shape index (κ1) is 12.6. The largest absolute Gasteiger partial charge is 0.433 e. The summed E-state index contributed by atoms with van der Waals surface area (Å²) in [5, 5.41) is 15.4. The average Bonchev–Trinajstić information content (AvgIpc) is 2.57. The Morgan fingerprint density at radius 2 is 2.56 bits per heavy atom. The topological polar surface area (TPSA) is 77.7 Å². The van der Waals surface area contributed by atoms with Crippen LogP contribution in [0, 0.1) is 17.2 Å². The highest BCUT2D eigenvalue weighted by molar-refractivity contribution is 6.00. The van der Waals surface area contributed by atoms with Crippen LogP contribution in [0.3, 0.4) is 0 Å². The Kier molecular flexibility index (Phi) is 3.63. The second kappa shape index (κ2) is 5.19. The summed E-state index contributed by atoms with van der Waals surface area (Å²) in [6.45, 7) is 2.31. The Bertz CT molecular complexity index is 438. The predicted octanol–water partition coefficient (Wildman–Crippen LogP) is 0.871. The highest BCUT2D eigenvalue weighted by Crippen LogP contribution is 2.33. The van der Waals surface area contributed by atoms with Gasteiger partial charge in [0, 0.05) is 12.6 Å². The first-order valence-electron chi connectivity index (χ1n) is 5.99. The molecular weight excluding hydrogens is 232 g/mol. The van der Waals surface area contributed by atoms with Gasteiger partial charge in [-0.2, -0.15) is 5.26 Å². The second-order valence-corrected chi connectivity index (χ2v) is 4.43. The van der Waals surface area contributed by atoms with E-state index in [9.17, 15) is 4.79 Å². The Morgan fingerprint density at radius 1 is 1.78 bits per heavy atom. The molecule has 1 amide bonds. The van der Waals surface area contributed by atoms with Crippen LogP contribution in [0.1, 0.15) is 13.3 Å². The summed E-state index contributed by atoms with van der Waals surface area (Å²) in [5.74, 6) is -0.0200. The van der Waals surface area contributed by atoms with Crippen molar-refractivity contribution in [1.82, 2.24) is 10.2 Å². The molecule has 0 radical (unpaired) electrons. The third kappa shape index (κ3) is 2.22. The highest BCUT2D eigenvalue weighted by atomic mass is 16.7. The van der Waals surface area contributed by atoms with Gasteiger partial charge in [-0.1, -0.05) is 11.2 Å². The average molecular weight is 248 g/mol. The summed E-state index contributed by atoms with van der Waals surface area (Å²) in [6, 6.07) is 2.50. The zero-order valence-corrected chi connectivity index (χ0v) is 10.5. The van der Waals surface area contributed by atoms with Gasteiger partial charge in [-0.15, -0.1) is 0 Å². The molecule has 0 spiro atoms. The number of rotatable bonds is 2. The Balaban J connectivity index is 2.07. The number of nitrogens with zero attached hydrogens (tertiary/aromatic N) is 3. The fraction of sp³-hybridized carbons (Fsp3) is 0.583. The first-order valence-corrected chi connectivity index (χ1v) is 5.99. The first-order chi connectivity index (χ1) is 8.67. The van der Waals surface area contributed by atoms with E-state index >= 15 is 0 Å². The molecule has 2 aliphatic rings. The molecular formula is C12H16N4O2. The molecule has 0 aliphatic carbocycles. The van der Waals surface area contributed by atoms with Crippen LogP contribution in [-0.4, -0.2) is 42.4 Å². The zero-order valence-electron chi connectivity index (χ0n) is 10.5. The van der Waals surface area contributed by atoms with Gasteiger partial charge in [0.1, 0.15) is 0 Å². The number of oxime groups is 1. The van der Waals surface area contributed by atoms with E-state index in [4.69, 9.17) is 10.1 Å². The van der Waals surface area contributed by atoms with Gasteiger partial charge in [-0.3, -0.25) is 9.74 Å². The number of carbonyl (C=O) groups excluding carboxylic acids is 1. The Morgan fingerprint density at radius 3 is 3.22 bits per heavy atom. The predicted molar refractivity (Wildman–Crippen MR) is 65.8 cm³/mol. The van der Waals surface area contributed by atoms with Crippen molar-refractivity contribution >= 4 is 11.8 Å². The summed E-state index contributed by atoms with van der Waals surface area (Å²) in [4.78, 5) is 18.0. The van der Waals surface area contributed by atoms with Crippen LogP contribution in [0.5, 0.6) is 0 Å². The van der Waals surface area contributed by atoms with Crippen molar-refractivity contribution in [3.63, 3.8) is 0 Å². The van der Waals surface area contributed by atoms with Crippen LogP contribution in [-0.2, 0) is 4.84 Å². The summed E-state index contributed by atoms with van der Waals surface area (Å²) >= 11 is 0. The van der Waals surface area contributed by atoms with Crippen molar-refractivity contribution in [1.29, 1.82) is 5.26 Å². The van der Waals surface area contributed by atoms with Crippen molar-refractivity contribution in [3.05, 3.63) is 12.2 Å². The Hall–Kier alpha value is -1.87. The molecule has 3 atom stereocenters. The fourth-order valence-corrected chi connectivity index (χ4v) is 2.44. The summed E-state index contributed by atoms with van der Waals surface area (Å²) in [6.07, 6.45) is 3.95. The quantitative estimate of drug-likeness (QED) is 0.581. The van der Waals surface area contributed by atoms with Crippen LogP contribution >= 0.6 is 0 Å². The molecule has 2 aliphatic heterocycles. The third-order valence-electron chi connectivity index (χ3n) is 3.38. The SMILES string of the molecule is CCNC(=O)O/N=C1/C=CC2C(C#N)CC1N2C. The van der Waals surface area contributed by atoms with E-state index in [1.807, 2.05) is 26.1 Å². The van der Waals surface area contributed by atoms with Gasteiger partial charge in [-0.05, 0) is 26.5 Å². The zero-order chi connectivity index (χ0) is 13.1. The van der Waals surface area contributed by atoms with Gasteiger partial charge in [0.25, 0.3) is 0 Å². The smallest absolute Gasteiger partial charge is 0.320 e. The maximum atomic E-state index is 11.2. The highest BCUT2D eigenvalue weighted by Gasteiger charge is 2.42. The minimum absolute atomic E-state index is 0.0200. The Labute approximate surface area is 106 Å². The molecule has 6 heteroatoms. The number of hydrogen-bond donors (Lipinski definition) is 1. The van der Waals surface area contributed by atoms with E-state index in [0.29, 0.717) is 12.3 Å². The molecule has 1 N–H and O–H groups in total. The number of hydrogen-bond acceptors (Lipinski definition) is 5. The molecule has 18 heavy (non-hydrogen) atoms. The number of carbonyl (C=O) groups is 1. The molecule has 0 aromatic heterocycles. The normalized spacial score (nSPS) is 32.3. The van der Waals surface area contributed by atoms with Crippen LogP contribution < -0.4 is 5.32 Å². The molecule has 0 saturated carbocycles. The lowest BCUT2D eigenvalue weighted by molar-refractivity contribution is 0.150. The number of fused-ring (bicyclic) bond motifs is 2. The van der Waals surface area contributed by atoms with Crippen LogP contribution in [0.2, 0.25) is 0 Å². The number of nitriles is 1. The van der Waals surface area contributed by atoms with E-state index < -0.39 is 6.09 Å². The minimum Gasteiger partial charge on any atom is -0.320 e. The summed E-state index contributed by atoms with van der Waals surface area (Å²) in [5.41, 5.74) is 0.692. The molecule has 6 nitrogen and oxygen atoms in total. The fourth-order valence-electron chi connectivity index (χ4n) is 2.44. The van der Waals surface area contributed by atoms with Crippen molar-refractivity contribution < 1.29 is 9.63 Å². The van der Waals surface area contributed by atoms with Gasteiger partial charge in [0.15, 0.2) is 0 Å². The standard InChI is InChI=1S/C12H16N4O2/c1-3-14-12(17)18-15-9-4-5-10-8(7-13)6-11(9)16(10)2/h4-5,8,10-11H,3,6H2,1-2H3,(H,14,17)/b15-9-. The molecule has 0 aromatic carbocycles. The van der Waals surface area contributed by atoms with E-state index in [-0.39, 0.29) is 18.0 Å². The summed E-state index contributed by atoms with van der Waals surface area (Å²) in [7, 11) is 1.96. The molecule has 0 aromatic rings. The van der Waals surface area contributed by atoms with Crippen molar-refractivity contribution in [2.45, 2.75) is 25.4 Å². The minimum atomic E-state index is -0.557. The third-order valence-corrected chi connectivity index (χ3v) is 3.38. The van der Waals surface area contributed by atoms with Gasteiger partial charge < -0.3 is 5.32 Å². The maximum Gasteiger partial charge on any atom is 0.433 e. The van der Waals surface area contributed by atoms with Crippen molar-refractivity contribution in [2.24, 2.45) is 11.1 Å². The molecule has 1 saturated heterocycles.